The molecule has 2 rings (SSSR count). The van der Waals surface area contributed by atoms with Gasteiger partial charge < -0.3 is 11.1 Å². The lowest BCUT2D eigenvalue weighted by Gasteiger charge is -2.21. The molecule has 6 heteroatoms. The van der Waals surface area contributed by atoms with Crippen LogP contribution in [0.3, 0.4) is 0 Å². The molecule has 0 spiro atoms. The summed E-state index contributed by atoms with van der Waals surface area (Å²) in [5.41, 5.74) is 6.99. The third-order valence-corrected chi connectivity index (χ3v) is 5.63. The quantitative estimate of drug-likeness (QED) is 0.885. The van der Waals surface area contributed by atoms with Crippen molar-refractivity contribution in [1.82, 2.24) is 0 Å². The molecule has 1 aliphatic heterocycles. The average molecular weight is 310 g/mol. The molecule has 1 aromatic carbocycles. The van der Waals surface area contributed by atoms with Crippen LogP contribution in [0.5, 0.6) is 0 Å². The Kier molecular flexibility index (Phi) is 4.39. The van der Waals surface area contributed by atoms with Crippen LogP contribution in [-0.2, 0) is 14.6 Å². The number of hydrogen-bond donors (Lipinski definition) is 2. The van der Waals surface area contributed by atoms with E-state index in [0.717, 1.165) is 0 Å². The van der Waals surface area contributed by atoms with Gasteiger partial charge in [0.1, 0.15) is 0 Å². The van der Waals surface area contributed by atoms with E-state index in [-0.39, 0.29) is 23.8 Å². The van der Waals surface area contributed by atoms with E-state index in [1.54, 1.807) is 0 Å². The fourth-order valence-corrected chi connectivity index (χ4v) is 4.54. The molecular formula is C15H22N2O3S. The fraction of sp³-hybridized carbons (Fsp3) is 0.533. The summed E-state index contributed by atoms with van der Waals surface area (Å²) < 4.78 is 23.0. The SMILES string of the molecule is CC(C)c1ccc(NC(=O)CC2(N)CCS(=O)(=O)C2)cc1. The monoisotopic (exact) mass is 310 g/mol. The lowest BCUT2D eigenvalue weighted by atomic mass is 9.95. The normalized spacial score (nSPS) is 24.2. The first-order valence-electron chi connectivity index (χ1n) is 7.08. The van der Waals surface area contributed by atoms with Gasteiger partial charge in [-0.25, -0.2) is 8.42 Å². The third kappa shape index (κ3) is 4.28. The van der Waals surface area contributed by atoms with Gasteiger partial charge in [-0.2, -0.15) is 0 Å². The number of anilines is 1. The Morgan fingerprint density at radius 3 is 2.43 bits per heavy atom. The van der Waals surface area contributed by atoms with Gasteiger partial charge >= 0.3 is 0 Å². The predicted octanol–water partition coefficient (Wildman–Crippen LogP) is 1.65. The van der Waals surface area contributed by atoms with E-state index in [1.807, 2.05) is 24.3 Å². The van der Waals surface area contributed by atoms with E-state index in [4.69, 9.17) is 5.73 Å². The second-order valence-electron chi connectivity index (χ2n) is 6.21. The molecule has 1 fully saturated rings. The van der Waals surface area contributed by atoms with E-state index in [2.05, 4.69) is 19.2 Å². The molecule has 21 heavy (non-hydrogen) atoms. The van der Waals surface area contributed by atoms with Crippen molar-refractivity contribution in [3.63, 3.8) is 0 Å². The Balaban J connectivity index is 1.96. The van der Waals surface area contributed by atoms with Crippen LogP contribution >= 0.6 is 0 Å². The predicted molar refractivity (Wildman–Crippen MR) is 84.0 cm³/mol. The molecule has 0 aliphatic carbocycles. The second kappa shape index (κ2) is 5.77. The van der Waals surface area contributed by atoms with Gasteiger partial charge in [0.15, 0.2) is 9.84 Å². The highest BCUT2D eigenvalue weighted by Gasteiger charge is 2.40. The first-order valence-corrected chi connectivity index (χ1v) is 8.90. The van der Waals surface area contributed by atoms with E-state index >= 15 is 0 Å². The molecule has 1 aromatic rings. The van der Waals surface area contributed by atoms with Crippen LogP contribution in [0.25, 0.3) is 0 Å². The minimum atomic E-state index is -3.09. The molecule has 0 saturated carbocycles. The Morgan fingerprint density at radius 2 is 1.95 bits per heavy atom. The van der Waals surface area contributed by atoms with Crippen molar-refractivity contribution in [1.29, 1.82) is 0 Å². The first kappa shape index (κ1) is 16.0. The Bertz CT molecular complexity index is 623. The zero-order valence-corrected chi connectivity index (χ0v) is 13.2. The largest absolute Gasteiger partial charge is 0.326 e. The summed E-state index contributed by atoms with van der Waals surface area (Å²) in [6.45, 7) is 4.21. The molecule has 1 saturated heterocycles. The Hall–Kier alpha value is -1.40. The molecule has 3 N–H and O–H groups in total. The number of nitrogens with two attached hydrogens (primary N) is 1. The van der Waals surface area contributed by atoms with Gasteiger partial charge in [-0.1, -0.05) is 26.0 Å². The van der Waals surface area contributed by atoms with E-state index in [0.29, 0.717) is 18.0 Å². The van der Waals surface area contributed by atoms with Crippen LogP contribution in [-0.4, -0.2) is 31.4 Å². The van der Waals surface area contributed by atoms with Crippen LogP contribution in [0.1, 0.15) is 38.2 Å². The summed E-state index contributed by atoms with van der Waals surface area (Å²) in [5, 5.41) is 2.77. The zero-order valence-electron chi connectivity index (χ0n) is 12.4. The maximum Gasteiger partial charge on any atom is 0.226 e. The number of hydrogen-bond acceptors (Lipinski definition) is 4. The molecular weight excluding hydrogens is 288 g/mol. The molecule has 1 heterocycles. The molecule has 116 valence electrons. The number of sulfone groups is 1. The van der Waals surface area contributed by atoms with Crippen molar-refractivity contribution in [2.75, 3.05) is 16.8 Å². The maximum atomic E-state index is 12.0. The number of nitrogens with one attached hydrogen (secondary N) is 1. The topological polar surface area (TPSA) is 89.3 Å². The second-order valence-corrected chi connectivity index (χ2v) is 8.39. The van der Waals surface area contributed by atoms with E-state index in [1.165, 1.54) is 5.56 Å². The highest BCUT2D eigenvalue weighted by Crippen LogP contribution is 2.25. The van der Waals surface area contributed by atoms with Crippen LogP contribution in [0.2, 0.25) is 0 Å². The van der Waals surface area contributed by atoms with Crippen LogP contribution < -0.4 is 11.1 Å². The smallest absolute Gasteiger partial charge is 0.226 e. The van der Waals surface area contributed by atoms with Crippen LogP contribution in [0.15, 0.2) is 24.3 Å². The lowest BCUT2D eigenvalue weighted by molar-refractivity contribution is -0.117. The maximum absolute atomic E-state index is 12.0. The molecule has 1 amide bonds. The summed E-state index contributed by atoms with van der Waals surface area (Å²) in [6.07, 6.45) is 0.368. The van der Waals surface area contributed by atoms with Gasteiger partial charge in [-0.3, -0.25) is 4.79 Å². The van der Waals surface area contributed by atoms with Crippen molar-refractivity contribution in [2.24, 2.45) is 5.73 Å². The van der Waals surface area contributed by atoms with E-state index < -0.39 is 15.4 Å². The third-order valence-electron chi connectivity index (χ3n) is 3.79. The first-order chi connectivity index (χ1) is 9.69. The van der Waals surface area contributed by atoms with Gasteiger partial charge in [-0.15, -0.1) is 0 Å². The number of amides is 1. The molecule has 1 aliphatic rings. The van der Waals surface area contributed by atoms with Crippen molar-refractivity contribution < 1.29 is 13.2 Å². The molecule has 0 aromatic heterocycles. The van der Waals surface area contributed by atoms with Gasteiger partial charge in [0, 0.05) is 17.6 Å². The number of rotatable bonds is 4. The highest BCUT2D eigenvalue weighted by atomic mass is 32.2. The summed E-state index contributed by atoms with van der Waals surface area (Å²) in [4.78, 5) is 12.0. The molecule has 1 unspecified atom stereocenters. The molecule has 0 bridgehead atoms. The summed E-state index contributed by atoms with van der Waals surface area (Å²) in [5.74, 6) is 0.150. The number of carbonyl (C=O) groups is 1. The van der Waals surface area contributed by atoms with Gasteiger partial charge in [-0.05, 0) is 30.0 Å². The Morgan fingerprint density at radius 1 is 1.33 bits per heavy atom. The number of benzene rings is 1. The average Bonchev–Trinajstić information content (AvgIpc) is 2.63. The standard InChI is InChI=1S/C15H22N2O3S/c1-11(2)12-3-5-13(6-4-12)17-14(18)9-15(16)7-8-21(19,20)10-15/h3-6,11H,7-10,16H2,1-2H3,(H,17,18). The lowest BCUT2D eigenvalue weighted by Crippen LogP contribution is -2.44. The van der Waals surface area contributed by atoms with Crippen molar-refractivity contribution >= 4 is 21.4 Å². The molecule has 1 atom stereocenters. The van der Waals surface area contributed by atoms with Crippen LogP contribution in [0, 0.1) is 0 Å². The van der Waals surface area contributed by atoms with Crippen molar-refractivity contribution in [2.45, 2.75) is 38.1 Å². The summed E-state index contributed by atoms with van der Waals surface area (Å²) in [7, 11) is -3.09. The van der Waals surface area contributed by atoms with Gasteiger partial charge in [0.05, 0.1) is 11.5 Å². The van der Waals surface area contributed by atoms with Gasteiger partial charge in [0.25, 0.3) is 0 Å². The minimum absolute atomic E-state index is 0.0260. The number of carbonyl (C=O) groups excluding carboxylic acids is 1. The summed E-state index contributed by atoms with van der Waals surface area (Å²) in [6, 6.07) is 7.64. The molecule has 0 radical (unpaired) electrons. The fourth-order valence-electron chi connectivity index (χ4n) is 2.56. The summed E-state index contributed by atoms with van der Waals surface area (Å²) >= 11 is 0. The van der Waals surface area contributed by atoms with E-state index in [9.17, 15) is 13.2 Å². The Labute approximate surface area is 125 Å². The van der Waals surface area contributed by atoms with Crippen molar-refractivity contribution in [3.05, 3.63) is 29.8 Å². The van der Waals surface area contributed by atoms with Gasteiger partial charge in [0.2, 0.25) is 5.91 Å². The van der Waals surface area contributed by atoms with Crippen molar-refractivity contribution in [3.8, 4) is 0 Å². The minimum Gasteiger partial charge on any atom is -0.326 e. The zero-order chi connectivity index (χ0) is 15.7. The molecule has 5 nitrogen and oxygen atoms in total. The van der Waals surface area contributed by atoms with Crippen LogP contribution in [0.4, 0.5) is 5.69 Å². The highest BCUT2D eigenvalue weighted by molar-refractivity contribution is 7.91.